The Labute approximate surface area is 342 Å². The van der Waals surface area contributed by atoms with Gasteiger partial charge in [-0.05, 0) is 38.5 Å². The van der Waals surface area contributed by atoms with Gasteiger partial charge in [0.2, 0.25) is 0 Å². The highest BCUT2D eigenvalue weighted by atomic mass is 31.2. The molecule has 0 aliphatic heterocycles. The summed E-state index contributed by atoms with van der Waals surface area (Å²) in [6.07, 6.45) is 30.0. The summed E-state index contributed by atoms with van der Waals surface area (Å²) in [5.74, 6) is -0.904. The van der Waals surface area contributed by atoms with Gasteiger partial charge >= 0.3 is 11.9 Å². The Morgan fingerprint density at radius 2 is 1.11 bits per heavy atom. The Morgan fingerprint density at radius 3 is 1.64 bits per heavy atom. The largest absolute Gasteiger partial charge is 0.756 e. The second kappa shape index (κ2) is 36.7. The van der Waals surface area contributed by atoms with E-state index < -0.39 is 44.7 Å². The van der Waals surface area contributed by atoms with E-state index in [9.17, 15) is 29.3 Å². The summed E-state index contributed by atoms with van der Waals surface area (Å²) in [4.78, 5) is 37.5. The zero-order valence-corrected chi connectivity index (χ0v) is 37.5. The number of unbranched alkanes of at least 4 members (excludes halogenated alkanes) is 21. The van der Waals surface area contributed by atoms with Crippen LogP contribution in [0.2, 0.25) is 0 Å². The number of phosphoric ester groups is 1. The average molecular weight is 820 g/mol. The van der Waals surface area contributed by atoms with Gasteiger partial charge in [0.25, 0.3) is 7.82 Å². The van der Waals surface area contributed by atoms with Gasteiger partial charge in [-0.15, -0.1) is 0 Å². The van der Waals surface area contributed by atoms with Crippen LogP contribution in [-0.4, -0.2) is 92.5 Å². The second-order valence-corrected chi connectivity index (χ2v) is 18.1. The van der Waals surface area contributed by atoms with Crippen molar-refractivity contribution in [3.63, 3.8) is 0 Å². The van der Waals surface area contributed by atoms with E-state index in [0.717, 1.165) is 70.6 Å². The molecular formula is C44H86NO10P. The van der Waals surface area contributed by atoms with Crippen LogP contribution in [0.1, 0.15) is 194 Å². The molecule has 0 saturated carbocycles. The van der Waals surface area contributed by atoms with Gasteiger partial charge in [0, 0.05) is 12.8 Å². The van der Waals surface area contributed by atoms with Crippen molar-refractivity contribution in [2.45, 2.75) is 212 Å². The van der Waals surface area contributed by atoms with E-state index in [4.69, 9.17) is 18.5 Å². The summed E-state index contributed by atoms with van der Waals surface area (Å²) in [5.41, 5.74) is 0. The van der Waals surface area contributed by atoms with Crippen molar-refractivity contribution in [3.05, 3.63) is 12.2 Å². The molecular weight excluding hydrogens is 733 g/mol. The number of quaternary nitrogens is 1. The molecule has 56 heavy (non-hydrogen) atoms. The summed E-state index contributed by atoms with van der Waals surface area (Å²) >= 11 is 0. The second-order valence-electron chi connectivity index (χ2n) is 16.7. The maximum Gasteiger partial charge on any atom is 0.306 e. The van der Waals surface area contributed by atoms with Gasteiger partial charge in [-0.1, -0.05) is 154 Å². The number of nitrogens with zero attached hydrogens (tertiary/aromatic N) is 1. The zero-order valence-electron chi connectivity index (χ0n) is 36.6. The highest BCUT2D eigenvalue weighted by Crippen LogP contribution is 2.38. The van der Waals surface area contributed by atoms with E-state index in [1.807, 2.05) is 33.3 Å². The van der Waals surface area contributed by atoms with Crippen LogP contribution in [0.15, 0.2) is 12.2 Å². The van der Waals surface area contributed by atoms with E-state index in [1.165, 1.54) is 77.0 Å². The third-order valence-corrected chi connectivity index (χ3v) is 11.0. The minimum absolute atomic E-state index is 0.0499. The van der Waals surface area contributed by atoms with E-state index >= 15 is 0 Å². The SMILES string of the molecule is CCCCCCCCCCCCCCCCCC(=O)OCC(COP(=O)([O-])OCC[N+](C)(C)C)OC(=O)CCCCCCC/C=C\CC(O)C(O)CCCCC. The van der Waals surface area contributed by atoms with Crippen molar-refractivity contribution in [1.29, 1.82) is 0 Å². The summed E-state index contributed by atoms with van der Waals surface area (Å²) < 4.78 is 33.8. The summed E-state index contributed by atoms with van der Waals surface area (Å²) in [7, 11) is 1.10. The average Bonchev–Trinajstić information content (AvgIpc) is 3.14. The molecule has 0 amide bonds. The standard InChI is InChI=1S/C44H86NO10P/c1-6-8-10-11-12-13-14-15-16-17-18-19-23-26-30-34-43(48)52-38-40(39-54-56(50,51)53-37-36-45(3,4)5)55-44(49)35-31-27-24-21-20-22-25-29-33-42(47)41(46)32-28-9-7-2/h25,29,40-42,46-47H,6-24,26-28,30-39H2,1-5H3/b29-25-. The van der Waals surface area contributed by atoms with Gasteiger partial charge in [-0.3, -0.25) is 14.2 Å². The molecule has 0 aliphatic rings. The van der Waals surface area contributed by atoms with Crippen molar-refractivity contribution < 1.29 is 52.3 Å². The first-order chi connectivity index (χ1) is 26.8. The van der Waals surface area contributed by atoms with Crippen molar-refractivity contribution in [1.82, 2.24) is 0 Å². The monoisotopic (exact) mass is 820 g/mol. The Hall–Kier alpha value is -1.33. The van der Waals surface area contributed by atoms with Gasteiger partial charge in [-0.25, -0.2) is 0 Å². The van der Waals surface area contributed by atoms with Crippen LogP contribution in [0, 0.1) is 0 Å². The van der Waals surface area contributed by atoms with E-state index in [0.29, 0.717) is 30.3 Å². The summed E-state index contributed by atoms with van der Waals surface area (Å²) in [5, 5.41) is 20.1. The number of aliphatic hydroxyl groups is 2. The molecule has 0 rings (SSSR count). The molecule has 11 nitrogen and oxygen atoms in total. The molecule has 0 aromatic carbocycles. The number of carbonyl (C=O) groups is 2. The topological polar surface area (TPSA) is 152 Å². The van der Waals surface area contributed by atoms with Crippen molar-refractivity contribution >= 4 is 19.8 Å². The predicted molar refractivity (Wildman–Crippen MR) is 225 cm³/mol. The fraction of sp³-hybridized carbons (Fsp3) is 0.909. The fourth-order valence-corrected chi connectivity index (χ4v) is 6.99. The van der Waals surface area contributed by atoms with Crippen LogP contribution >= 0.6 is 7.82 Å². The number of phosphoric acid groups is 1. The molecule has 4 atom stereocenters. The first kappa shape index (κ1) is 54.7. The first-order valence-electron chi connectivity index (χ1n) is 22.6. The summed E-state index contributed by atoms with van der Waals surface area (Å²) in [6, 6.07) is 0. The normalized spacial score (nSPS) is 14.8. The minimum atomic E-state index is -4.65. The minimum Gasteiger partial charge on any atom is -0.756 e. The molecule has 0 saturated heterocycles. The van der Waals surface area contributed by atoms with Crippen LogP contribution in [0.3, 0.4) is 0 Å². The first-order valence-corrected chi connectivity index (χ1v) is 24.0. The highest BCUT2D eigenvalue weighted by Gasteiger charge is 2.22. The van der Waals surface area contributed by atoms with Gasteiger partial charge < -0.3 is 38.1 Å². The van der Waals surface area contributed by atoms with Crippen LogP contribution in [0.5, 0.6) is 0 Å². The molecule has 0 heterocycles. The van der Waals surface area contributed by atoms with Crippen LogP contribution < -0.4 is 4.89 Å². The number of hydrogen-bond donors (Lipinski definition) is 2. The molecule has 4 unspecified atom stereocenters. The Bertz CT molecular complexity index is 1000. The Kier molecular flexibility index (Phi) is 35.9. The lowest BCUT2D eigenvalue weighted by Crippen LogP contribution is -2.37. The van der Waals surface area contributed by atoms with Crippen molar-refractivity contribution in [3.8, 4) is 0 Å². The number of allylic oxidation sites excluding steroid dienone is 1. The number of carbonyl (C=O) groups excluding carboxylic acids is 2. The zero-order chi connectivity index (χ0) is 41.8. The van der Waals surface area contributed by atoms with E-state index in [1.54, 1.807) is 0 Å². The van der Waals surface area contributed by atoms with Crippen molar-refractivity contribution in [2.24, 2.45) is 0 Å². The maximum absolute atomic E-state index is 12.7. The lowest BCUT2D eigenvalue weighted by molar-refractivity contribution is -0.870. The number of rotatable bonds is 41. The molecule has 0 spiro atoms. The van der Waals surface area contributed by atoms with Crippen LogP contribution in [0.25, 0.3) is 0 Å². The van der Waals surface area contributed by atoms with Gasteiger partial charge in [0.1, 0.15) is 19.8 Å². The molecule has 0 bridgehead atoms. The van der Waals surface area contributed by atoms with Crippen LogP contribution in [-0.2, 0) is 32.7 Å². The number of aliphatic hydroxyl groups excluding tert-OH is 2. The van der Waals surface area contributed by atoms with E-state index in [-0.39, 0.29) is 26.1 Å². The number of hydrogen-bond acceptors (Lipinski definition) is 10. The smallest absolute Gasteiger partial charge is 0.306 e. The lowest BCUT2D eigenvalue weighted by atomic mass is 10.0. The highest BCUT2D eigenvalue weighted by molar-refractivity contribution is 7.45. The molecule has 0 radical (unpaired) electrons. The third-order valence-electron chi connectivity index (χ3n) is 9.99. The fourth-order valence-electron chi connectivity index (χ4n) is 6.27. The van der Waals surface area contributed by atoms with Gasteiger partial charge in [-0.2, -0.15) is 0 Å². The van der Waals surface area contributed by atoms with Crippen LogP contribution in [0.4, 0.5) is 0 Å². The molecule has 332 valence electrons. The number of likely N-dealkylation sites (N-methyl/N-ethyl adjacent to an activating group) is 1. The third kappa shape index (κ3) is 38.2. The number of ether oxygens (including phenoxy) is 2. The van der Waals surface area contributed by atoms with Gasteiger partial charge in [0.15, 0.2) is 6.10 Å². The molecule has 0 aromatic heterocycles. The molecule has 12 heteroatoms. The van der Waals surface area contributed by atoms with Crippen molar-refractivity contribution in [2.75, 3.05) is 47.5 Å². The molecule has 0 fully saturated rings. The summed E-state index contributed by atoms with van der Waals surface area (Å²) in [6.45, 7) is 3.99. The Balaban J connectivity index is 4.42. The number of esters is 2. The predicted octanol–water partition coefficient (Wildman–Crippen LogP) is 9.89. The molecule has 2 N–H and O–H groups in total. The molecule has 0 aliphatic carbocycles. The van der Waals surface area contributed by atoms with Gasteiger partial charge in [0.05, 0.1) is 40.0 Å². The molecule has 0 aromatic rings. The van der Waals surface area contributed by atoms with E-state index in [2.05, 4.69) is 13.8 Å². The Morgan fingerprint density at radius 1 is 0.625 bits per heavy atom. The lowest BCUT2D eigenvalue weighted by Gasteiger charge is -2.28. The maximum atomic E-state index is 12.7. The quantitative estimate of drug-likeness (QED) is 0.0201.